The van der Waals surface area contributed by atoms with Gasteiger partial charge in [0.2, 0.25) is 5.91 Å². The molecule has 84 valence electrons. The van der Waals surface area contributed by atoms with Crippen molar-refractivity contribution >= 4 is 11.7 Å². The number of rotatable bonds is 2. The second kappa shape index (κ2) is 3.93. The highest BCUT2D eigenvalue weighted by atomic mass is 16.2. The molecule has 0 aromatic rings. The van der Waals surface area contributed by atoms with Gasteiger partial charge < -0.3 is 10.2 Å². The third kappa shape index (κ3) is 1.67. The summed E-state index contributed by atoms with van der Waals surface area (Å²) in [7, 11) is 1.81. The number of carbonyl (C=O) groups excluding carboxylic acids is 2. The minimum absolute atomic E-state index is 0.0822. The fraction of sp³-hybridized carbons (Fsp3) is 0.818. The van der Waals surface area contributed by atoms with E-state index >= 15 is 0 Å². The molecule has 2 heterocycles. The number of piperidine rings is 1. The predicted octanol–water partition coefficient (Wildman–Crippen LogP) is 0.317. The van der Waals surface area contributed by atoms with Gasteiger partial charge in [-0.1, -0.05) is 0 Å². The van der Waals surface area contributed by atoms with Crippen LogP contribution in [0.3, 0.4) is 0 Å². The number of nitrogens with one attached hydrogen (secondary N) is 1. The third-order valence-corrected chi connectivity index (χ3v) is 3.66. The summed E-state index contributed by atoms with van der Waals surface area (Å²) >= 11 is 0. The van der Waals surface area contributed by atoms with Crippen molar-refractivity contribution in [3.05, 3.63) is 0 Å². The van der Waals surface area contributed by atoms with Crippen molar-refractivity contribution in [2.45, 2.75) is 50.7 Å². The first-order valence-corrected chi connectivity index (χ1v) is 5.65. The van der Waals surface area contributed by atoms with E-state index < -0.39 is 0 Å². The SMILES string of the molecule is CNC1CCC2CCC(C(C)=O)N2C1=O. The van der Waals surface area contributed by atoms with Crippen LogP contribution < -0.4 is 5.32 Å². The number of likely N-dealkylation sites (N-methyl/N-ethyl adjacent to an activating group) is 1. The lowest BCUT2D eigenvalue weighted by molar-refractivity contribution is -0.143. The lowest BCUT2D eigenvalue weighted by Crippen LogP contribution is -2.55. The summed E-state index contributed by atoms with van der Waals surface area (Å²) in [6.07, 6.45) is 3.77. The number of Topliss-reactive ketones (excluding diaryl/α,β-unsaturated/α-hetero) is 1. The van der Waals surface area contributed by atoms with E-state index in [1.165, 1.54) is 0 Å². The molecule has 0 aromatic carbocycles. The molecular formula is C11H18N2O2. The summed E-state index contributed by atoms with van der Waals surface area (Å²) in [4.78, 5) is 25.3. The number of fused-ring (bicyclic) bond motifs is 1. The van der Waals surface area contributed by atoms with Gasteiger partial charge in [0.25, 0.3) is 0 Å². The monoisotopic (exact) mass is 210 g/mol. The molecule has 2 saturated heterocycles. The third-order valence-electron chi connectivity index (χ3n) is 3.66. The van der Waals surface area contributed by atoms with Crippen LogP contribution in [0, 0.1) is 0 Å². The Morgan fingerprint density at radius 2 is 2.00 bits per heavy atom. The van der Waals surface area contributed by atoms with Crippen LogP contribution in [0.15, 0.2) is 0 Å². The summed E-state index contributed by atoms with van der Waals surface area (Å²) in [6, 6.07) is 0.0795. The summed E-state index contributed by atoms with van der Waals surface area (Å²) in [5, 5.41) is 3.02. The van der Waals surface area contributed by atoms with Gasteiger partial charge in [-0.05, 0) is 39.7 Å². The lowest BCUT2D eigenvalue weighted by atomic mass is 9.98. The standard InChI is InChI=1S/C11H18N2O2/c1-7(14)10-6-4-8-3-5-9(12-2)11(15)13(8)10/h8-10,12H,3-6H2,1-2H3. The van der Waals surface area contributed by atoms with Crippen molar-refractivity contribution in [2.75, 3.05) is 7.05 Å². The van der Waals surface area contributed by atoms with E-state index in [1.807, 2.05) is 11.9 Å². The molecule has 0 aliphatic carbocycles. The highest BCUT2D eigenvalue weighted by molar-refractivity contribution is 5.91. The van der Waals surface area contributed by atoms with Gasteiger partial charge >= 0.3 is 0 Å². The average Bonchev–Trinajstić information content (AvgIpc) is 2.63. The molecule has 0 spiro atoms. The molecule has 0 aromatic heterocycles. The van der Waals surface area contributed by atoms with Crippen molar-refractivity contribution in [2.24, 2.45) is 0 Å². The van der Waals surface area contributed by atoms with E-state index in [4.69, 9.17) is 0 Å². The topological polar surface area (TPSA) is 49.4 Å². The van der Waals surface area contributed by atoms with Crippen molar-refractivity contribution in [3.8, 4) is 0 Å². The van der Waals surface area contributed by atoms with Crippen LogP contribution in [0.1, 0.15) is 32.6 Å². The Balaban J connectivity index is 2.18. The molecular weight excluding hydrogens is 192 g/mol. The van der Waals surface area contributed by atoms with Crippen molar-refractivity contribution in [3.63, 3.8) is 0 Å². The molecule has 15 heavy (non-hydrogen) atoms. The summed E-state index contributed by atoms with van der Waals surface area (Å²) in [6.45, 7) is 1.59. The average molecular weight is 210 g/mol. The fourth-order valence-electron chi connectivity index (χ4n) is 2.83. The molecule has 4 heteroatoms. The highest BCUT2D eigenvalue weighted by Gasteiger charge is 2.44. The van der Waals surface area contributed by atoms with Crippen LogP contribution in [0.5, 0.6) is 0 Å². The zero-order valence-corrected chi connectivity index (χ0v) is 9.32. The number of hydrogen-bond donors (Lipinski definition) is 1. The molecule has 3 unspecified atom stereocenters. The molecule has 2 rings (SSSR count). The maximum atomic E-state index is 12.1. The molecule has 2 fully saturated rings. The molecule has 0 radical (unpaired) electrons. The Hall–Kier alpha value is -0.900. The Labute approximate surface area is 90.0 Å². The highest BCUT2D eigenvalue weighted by Crippen LogP contribution is 2.32. The minimum atomic E-state index is -0.154. The van der Waals surface area contributed by atoms with Crippen LogP contribution >= 0.6 is 0 Å². The first kappa shape index (κ1) is 10.6. The quantitative estimate of drug-likeness (QED) is 0.714. The molecule has 1 N–H and O–H groups in total. The lowest BCUT2D eigenvalue weighted by Gasteiger charge is -2.37. The van der Waals surface area contributed by atoms with Crippen LogP contribution in [-0.2, 0) is 9.59 Å². The normalized spacial score (nSPS) is 35.5. The van der Waals surface area contributed by atoms with Crippen molar-refractivity contribution < 1.29 is 9.59 Å². The maximum absolute atomic E-state index is 12.1. The first-order valence-electron chi connectivity index (χ1n) is 5.65. The Kier molecular flexibility index (Phi) is 2.78. The fourth-order valence-corrected chi connectivity index (χ4v) is 2.83. The molecule has 1 amide bonds. The number of ketones is 1. The van der Waals surface area contributed by atoms with Gasteiger partial charge in [-0.25, -0.2) is 0 Å². The number of carbonyl (C=O) groups is 2. The van der Waals surface area contributed by atoms with Gasteiger partial charge in [-0.2, -0.15) is 0 Å². The van der Waals surface area contributed by atoms with Crippen molar-refractivity contribution in [1.29, 1.82) is 0 Å². The molecule has 4 nitrogen and oxygen atoms in total. The summed E-state index contributed by atoms with van der Waals surface area (Å²) in [5.41, 5.74) is 0. The maximum Gasteiger partial charge on any atom is 0.240 e. The molecule has 0 saturated carbocycles. The Morgan fingerprint density at radius 3 is 2.60 bits per heavy atom. The van der Waals surface area contributed by atoms with E-state index in [-0.39, 0.29) is 23.8 Å². The molecule has 0 bridgehead atoms. The predicted molar refractivity (Wildman–Crippen MR) is 56.4 cm³/mol. The van der Waals surface area contributed by atoms with E-state index in [0.29, 0.717) is 6.04 Å². The van der Waals surface area contributed by atoms with Gasteiger partial charge in [0.15, 0.2) is 5.78 Å². The zero-order chi connectivity index (χ0) is 11.0. The van der Waals surface area contributed by atoms with Crippen molar-refractivity contribution in [1.82, 2.24) is 10.2 Å². The van der Waals surface area contributed by atoms with Crippen LogP contribution in [0.25, 0.3) is 0 Å². The largest absolute Gasteiger partial charge is 0.328 e. The van der Waals surface area contributed by atoms with Gasteiger partial charge in [-0.3, -0.25) is 9.59 Å². The first-order chi connectivity index (χ1) is 7.15. The van der Waals surface area contributed by atoms with E-state index in [0.717, 1.165) is 25.7 Å². The van der Waals surface area contributed by atoms with E-state index in [9.17, 15) is 9.59 Å². The summed E-state index contributed by atoms with van der Waals surface area (Å²) < 4.78 is 0. The van der Waals surface area contributed by atoms with Crippen LogP contribution in [0.2, 0.25) is 0 Å². The smallest absolute Gasteiger partial charge is 0.240 e. The second-order valence-corrected chi connectivity index (χ2v) is 4.52. The van der Waals surface area contributed by atoms with Gasteiger partial charge in [0.1, 0.15) is 0 Å². The van der Waals surface area contributed by atoms with Gasteiger partial charge in [-0.15, -0.1) is 0 Å². The molecule has 2 aliphatic rings. The van der Waals surface area contributed by atoms with Crippen LogP contribution in [0.4, 0.5) is 0 Å². The van der Waals surface area contributed by atoms with E-state index in [2.05, 4.69) is 5.32 Å². The number of hydrogen-bond acceptors (Lipinski definition) is 3. The van der Waals surface area contributed by atoms with E-state index in [1.54, 1.807) is 6.92 Å². The Morgan fingerprint density at radius 1 is 1.33 bits per heavy atom. The summed E-state index contributed by atoms with van der Waals surface area (Å²) in [5.74, 6) is 0.244. The number of nitrogens with zero attached hydrogens (tertiary/aromatic N) is 1. The Bertz CT molecular complexity index is 290. The van der Waals surface area contributed by atoms with Gasteiger partial charge in [0.05, 0.1) is 12.1 Å². The minimum Gasteiger partial charge on any atom is -0.328 e. The molecule has 2 aliphatic heterocycles. The number of amides is 1. The molecule has 3 atom stereocenters. The van der Waals surface area contributed by atoms with Gasteiger partial charge in [0, 0.05) is 6.04 Å². The zero-order valence-electron chi connectivity index (χ0n) is 9.32. The second-order valence-electron chi connectivity index (χ2n) is 4.52. The van der Waals surface area contributed by atoms with Crippen LogP contribution in [-0.4, -0.2) is 41.8 Å².